The lowest BCUT2D eigenvalue weighted by Gasteiger charge is -2.00. The highest BCUT2D eigenvalue weighted by Crippen LogP contribution is 2.23. The van der Waals surface area contributed by atoms with E-state index in [9.17, 15) is 4.39 Å². The molecule has 0 amide bonds. The summed E-state index contributed by atoms with van der Waals surface area (Å²) < 4.78 is 14.7. The van der Waals surface area contributed by atoms with E-state index in [-0.39, 0.29) is 5.82 Å². The highest BCUT2D eigenvalue weighted by molar-refractivity contribution is 5.68. The summed E-state index contributed by atoms with van der Waals surface area (Å²) in [7, 11) is 0. The summed E-state index contributed by atoms with van der Waals surface area (Å²) in [6.07, 6.45) is 6.34. The summed E-state index contributed by atoms with van der Waals surface area (Å²) in [5, 5.41) is 4.31. The van der Waals surface area contributed by atoms with Gasteiger partial charge in [0, 0.05) is 12.4 Å². The van der Waals surface area contributed by atoms with Crippen molar-refractivity contribution in [2.75, 3.05) is 5.73 Å². The minimum atomic E-state index is -0.326. The van der Waals surface area contributed by atoms with Gasteiger partial charge < -0.3 is 5.73 Å². The van der Waals surface area contributed by atoms with Crippen molar-refractivity contribution >= 4 is 5.69 Å². The van der Waals surface area contributed by atoms with Crippen LogP contribution < -0.4 is 5.73 Å². The molecule has 0 spiro atoms. The third-order valence-corrected chi connectivity index (χ3v) is 2.62. The molecule has 94 valence electrons. The number of halogens is 1. The van der Waals surface area contributed by atoms with Crippen LogP contribution in [-0.2, 0) is 0 Å². The quantitative estimate of drug-likeness (QED) is 0.760. The summed E-state index contributed by atoms with van der Waals surface area (Å²) in [6, 6.07) is 6.12. The van der Waals surface area contributed by atoms with Gasteiger partial charge in [-0.25, -0.2) is 9.07 Å². The Bertz CT molecular complexity index is 708. The topological polar surface area (TPSA) is 69.6 Å². The number of nitrogen functional groups attached to an aromatic ring is 1. The van der Waals surface area contributed by atoms with E-state index in [4.69, 9.17) is 5.73 Å². The Hall–Kier alpha value is -2.76. The molecular formula is C13H10FN5. The summed E-state index contributed by atoms with van der Waals surface area (Å²) >= 11 is 0. The van der Waals surface area contributed by atoms with Gasteiger partial charge >= 0.3 is 0 Å². The Kier molecular flexibility index (Phi) is 2.68. The molecule has 0 radical (unpaired) electrons. The van der Waals surface area contributed by atoms with Crippen LogP contribution in [0.25, 0.3) is 17.1 Å². The van der Waals surface area contributed by atoms with Crippen LogP contribution >= 0.6 is 0 Å². The Morgan fingerprint density at radius 2 is 2.11 bits per heavy atom. The monoisotopic (exact) mass is 255 g/mol. The number of hydrogen-bond acceptors (Lipinski definition) is 4. The number of benzene rings is 1. The fourth-order valence-corrected chi connectivity index (χ4v) is 1.76. The van der Waals surface area contributed by atoms with Crippen molar-refractivity contribution in [1.29, 1.82) is 0 Å². The molecule has 0 bridgehead atoms. The van der Waals surface area contributed by atoms with Crippen molar-refractivity contribution in [1.82, 2.24) is 19.7 Å². The predicted molar refractivity (Wildman–Crippen MR) is 69.0 cm³/mol. The van der Waals surface area contributed by atoms with Gasteiger partial charge in [-0.3, -0.25) is 9.97 Å². The van der Waals surface area contributed by atoms with Crippen molar-refractivity contribution in [2.24, 2.45) is 0 Å². The molecule has 2 heterocycles. The third kappa shape index (κ3) is 2.15. The second-order valence-electron chi connectivity index (χ2n) is 3.95. The van der Waals surface area contributed by atoms with Crippen LogP contribution in [0.3, 0.4) is 0 Å². The van der Waals surface area contributed by atoms with Gasteiger partial charge in [-0.1, -0.05) is 6.07 Å². The van der Waals surface area contributed by atoms with Gasteiger partial charge in [0.25, 0.3) is 0 Å². The molecule has 0 aliphatic rings. The molecule has 3 rings (SSSR count). The zero-order valence-electron chi connectivity index (χ0n) is 9.86. The van der Waals surface area contributed by atoms with Crippen LogP contribution in [0.2, 0.25) is 0 Å². The highest BCUT2D eigenvalue weighted by Gasteiger charge is 2.11. The summed E-state index contributed by atoms with van der Waals surface area (Å²) in [6.45, 7) is 0. The fourth-order valence-electron chi connectivity index (χ4n) is 1.76. The van der Waals surface area contributed by atoms with Crippen LogP contribution in [0.5, 0.6) is 0 Å². The molecule has 0 aliphatic carbocycles. The second-order valence-corrected chi connectivity index (χ2v) is 3.95. The normalized spacial score (nSPS) is 10.6. The molecule has 1 aromatic carbocycles. The van der Waals surface area contributed by atoms with E-state index in [0.717, 1.165) is 0 Å². The van der Waals surface area contributed by atoms with E-state index in [1.54, 1.807) is 36.9 Å². The molecule has 0 aliphatic heterocycles. The van der Waals surface area contributed by atoms with Gasteiger partial charge in [-0.15, -0.1) is 0 Å². The summed E-state index contributed by atoms with van der Waals surface area (Å²) in [4.78, 5) is 8.11. The van der Waals surface area contributed by atoms with Gasteiger partial charge in [-0.05, 0) is 18.2 Å². The van der Waals surface area contributed by atoms with E-state index < -0.39 is 0 Å². The highest BCUT2D eigenvalue weighted by atomic mass is 19.1. The first-order valence-electron chi connectivity index (χ1n) is 5.61. The van der Waals surface area contributed by atoms with Gasteiger partial charge in [-0.2, -0.15) is 5.10 Å². The van der Waals surface area contributed by atoms with Crippen LogP contribution in [0, 0.1) is 5.82 Å². The smallest absolute Gasteiger partial charge is 0.136 e. The van der Waals surface area contributed by atoms with Crippen LogP contribution in [0.15, 0.2) is 49.1 Å². The third-order valence-electron chi connectivity index (χ3n) is 2.62. The molecule has 0 fully saturated rings. The van der Waals surface area contributed by atoms with E-state index in [1.165, 1.54) is 16.8 Å². The maximum absolute atomic E-state index is 13.2. The van der Waals surface area contributed by atoms with Crippen molar-refractivity contribution in [3.05, 3.63) is 54.9 Å². The Morgan fingerprint density at radius 3 is 2.84 bits per heavy atom. The standard InChI is InChI=1S/C13H10FN5/c14-9-2-1-3-10(6-9)19-8-11(15)13(18-19)12-7-16-4-5-17-12/h1-8H,15H2. The number of anilines is 1. The maximum Gasteiger partial charge on any atom is 0.136 e. The first-order chi connectivity index (χ1) is 9.24. The van der Waals surface area contributed by atoms with Crippen molar-refractivity contribution < 1.29 is 4.39 Å². The number of nitrogens with two attached hydrogens (primary N) is 1. The first-order valence-corrected chi connectivity index (χ1v) is 5.61. The zero-order chi connectivity index (χ0) is 13.2. The molecule has 2 aromatic heterocycles. The van der Waals surface area contributed by atoms with E-state index in [1.807, 2.05) is 0 Å². The van der Waals surface area contributed by atoms with E-state index >= 15 is 0 Å². The number of aromatic nitrogens is 4. The maximum atomic E-state index is 13.2. The molecule has 5 nitrogen and oxygen atoms in total. The zero-order valence-corrected chi connectivity index (χ0v) is 9.86. The lowest BCUT2D eigenvalue weighted by molar-refractivity contribution is 0.625. The molecule has 19 heavy (non-hydrogen) atoms. The van der Waals surface area contributed by atoms with Crippen molar-refractivity contribution in [3.63, 3.8) is 0 Å². The van der Waals surface area contributed by atoms with Crippen LogP contribution in [0.4, 0.5) is 10.1 Å². The molecule has 2 N–H and O–H groups in total. The van der Waals surface area contributed by atoms with E-state index in [2.05, 4.69) is 15.1 Å². The average Bonchev–Trinajstić information content (AvgIpc) is 2.82. The minimum Gasteiger partial charge on any atom is -0.396 e. The molecule has 0 unspecified atom stereocenters. The minimum absolute atomic E-state index is 0.326. The summed E-state index contributed by atoms with van der Waals surface area (Å²) in [5.74, 6) is -0.326. The lowest BCUT2D eigenvalue weighted by Crippen LogP contribution is -1.95. The number of hydrogen-bond donors (Lipinski definition) is 1. The molecule has 6 heteroatoms. The van der Waals surface area contributed by atoms with Gasteiger partial charge in [0.2, 0.25) is 0 Å². The molecular weight excluding hydrogens is 245 g/mol. The molecule has 0 saturated heterocycles. The molecule has 0 atom stereocenters. The first kappa shape index (κ1) is 11.3. The van der Waals surface area contributed by atoms with Gasteiger partial charge in [0.05, 0.1) is 23.8 Å². The van der Waals surface area contributed by atoms with Crippen molar-refractivity contribution in [2.45, 2.75) is 0 Å². The SMILES string of the molecule is Nc1cn(-c2cccc(F)c2)nc1-c1cnccn1. The van der Waals surface area contributed by atoms with E-state index in [0.29, 0.717) is 22.8 Å². The Morgan fingerprint density at radius 1 is 1.21 bits per heavy atom. The molecule has 0 saturated carbocycles. The largest absolute Gasteiger partial charge is 0.396 e. The number of nitrogens with zero attached hydrogens (tertiary/aromatic N) is 4. The van der Waals surface area contributed by atoms with Crippen LogP contribution in [0.1, 0.15) is 0 Å². The number of rotatable bonds is 2. The van der Waals surface area contributed by atoms with Crippen LogP contribution in [-0.4, -0.2) is 19.7 Å². The fraction of sp³-hybridized carbons (Fsp3) is 0. The summed E-state index contributed by atoms with van der Waals surface area (Å²) in [5.41, 5.74) is 8.07. The Labute approximate surface area is 108 Å². The lowest BCUT2D eigenvalue weighted by atomic mass is 10.3. The van der Waals surface area contributed by atoms with Gasteiger partial charge in [0.1, 0.15) is 17.2 Å². The van der Waals surface area contributed by atoms with Gasteiger partial charge in [0.15, 0.2) is 0 Å². The average molecular weight is 255 g/mol. The molecule has 3 aromatic rings. The predicted octanol–water partition coefficient (Wildman–Crippen LogP) is 2.05. The van der Waals surface area contributed by atoms with Crippen molar-refractivity contribution in [3.8, 4) is 17.1 Å². The second kappa shape index (κ2) is 4.49. The Balaban J connectivity index is 2.07.